The largest absolute Gasteiger partial charge is 0.482 e. The first-order valence-corrected chi connectivity index (χ1v) is 8.87. The van der Waals surface area contributed by atoms with Crippen LogP contribution in [0.25, 0.3) is 5.65 Å². The number of carbonyl (C=O) groups is 2. The van der Waals surface area contributed by atoms with Gasteiger partial charge in [-0.2, -0.15) is 0 Å². The first-order valence-electron chi connectivity index (χ1n) is 8.87. The summed E-state index contributed by atoms with van der Waals surface area (Å²) >= 11 is 0. The number of benzene rings is 1. The van der Waals surface area contributed by atoms with E-state index < -0.39 is 5.97 Å². The van der Waals surface area contributed by atoms with Gasteiger partial charge in [-0.15, -0.1) is 0 Å². The minimum absolute atomic E-state index is 0.0417. The number of Topliss-reactive ketones (excluding diaryl/α,β-unsaturated/α-hetero) is 1. The number of ketones is 1. The van der Waals surface area contributed by atoms with Gasteiger partial charge in [0.1, 0.15) is 18.0 Å². The lowest BCUT2D eigenvalue weighted by atomic mass is 10.1. The highest BCUT2D eigenvalue weighted by atomic mass is 16.6. The van der Waals surface area contributed by atoms with Crippen molar-refractivity contribution in [2.75, 3.05) is 6.61 Å². The summed E-state index contributed by atoms with van der Waals surface area (Å²) in [5, 5.41) is 0. The average Bonchev–Trinajstić information content (AvgIpc) is 2.71. The zero-order valence-electron chi connectivity index (χ0n) is 15.7. The van der Waals surface area contributed by atoms with Gasteiger partial charge in [-0.1, -0.05) is 13.0 Å². The van der Waals surface area contributed by atoms with Gasteiger partial charge < -0.3 is 9.47 Å². The molecule has 2 aromatic heterocycles. The number of pyridine rings is 1. The molecule has 0 aliphatic carbocycles. The Balaban J connectivity index is 1.57. The molecular weight excluding hydrogens is 360 g/mol. The van der Waals surface area contributed by atoms with Crippen molar-refractivity contribution < 1.29 is 19.1 Å². The number of ether oxygens (including phenoxy) is 2. The molecule has 0 saturated carbocycles. The minimum Gasteiger partial charge on any atom is -0.482 e. The Hall–Kier alpha value is -3.48. The van der Waals surface area contributed by atoms with Crippen molar-refractivity contribution >= 4 is 17.4 Å². The molecule has 0 bridgehead atoms. The summed E-state index contributed by atoms with van der Waals surface area (Å²) in [6.45, 7) is 3.24. The number of rotatable bonds is 7. The lowest BCUT2D eigenvalue weighted by Gasteiger charge is -2.09. The SMILES string of the molecule is CCC(=O)c1ccc(OCC(=O)OCc2cc(=O)n3cccc(C)c3n2)cc1. The summed E-state index contributed by atoms with van der Waals surface area (Å²) in [5.74, 6) is -0.0808. The lowest BCUT2D eigenvalue weighted by Crippen LogP contribution is -2.19. The molecule has 0 amide bonds. The van der Waals surface area contributed by atoms with E-state index in [9.17, 15) is 14.4 Å². The zero-order chi connectivity index (χ0) is 20.1. The minimum atomic E-state index is -0.583. The fourth-order valence-electron chi connectivity index (χ4n) is 2.66. The Bertz CT molecular complexity index is 1070. The third kappa shape index (κ3) is 4.43. The molecule has 0 fully saturated rings. The number of fused-ring (bicyclic) bond motifs is 1. The summed E-state index contributed by atoms with van der Waals surface area (Å²) in [4.78, 5) is 40.0. The van der Waals surface area contributed by atoms with E-state index >= 15 is 0 Å². The molecule has 0 saturated heterocycles. The van der Waals surface area contributed by atoms with Crippen LogP contribution in [0.15, 0.2) is 53.5 Å². The van der Waals surface area contributed by atoms with E-state index in [2.05, 4.69) is 4.98 Å². The van der Waals surface area contributed by atoms with Crippen LogP contribution in [0, 0.1) is 6.92 Å². The van der Waals surface area contributed by atoms with Crippen molar-refractivity contribution in [3.63, 3.8) is 0 Å². The van der Waals surface area contributed by atoms with Gasteiger partial charge in [-0.05, 0) is 42.8 Å². The molecule has 3 aromatic rings. The number of aryl methyl sites for hydroxylation is 1. The van der Waals surface area contributed by atoms with Crippen molar-refractivity contribution in [1.29, 1.82) is 0 Å². The summed E-state index contributed by atoms with van der Waals surface area (Å²) in [7, 11) is 0. The van der Waals surface area contributed by atoms with Crippen LogP contribution in [-0.2, 0) is 16.1 Å². The quantitative estimate of drug-likeness (QED) is 0.463. The van der Waals surface area contributed by atoms with Gasteiger partial charge in [0.15, 0.2) is 12.4 Å². The topological polar surface area (TPSA) is 87.0 Å². The van der Waals surface area contributed by atoms with Crippen LogP contribution in [0.1, 0.15) is 35.0 Å². The zero-order valence-corrected chi connectivity index (χ0v) is 15.7. The smallest absolute Gasteiger partial charge is 0.344 e. The highest BCUT2D eigenvalue weighted by molar-refractivity contribution is 5.95. The van der Waals surface area contributed by atoms with Gasteiger partial charge in [0.05, 0.1) is 5.69 Å². The molecule has 0 aliphatic rings. The maximum Gasteiger partial charge on any atom is 0.344 e. The lowest BCUT2D eigenvalue weighted by molar-refractivity contribution is -0.147. The first kappa shape index (κ1) is 19.3. The van der Waals surface area contributed by atoms with E-state index in [0.717, 1.165) is 5.56 Å². The van der Waals surface area contributed by atoms with Crippen molar-refractivity contribution in [3.05, 3.63) is 75.8 Å². The second-order valence-electron chi connectivity index (χ2n) is 6.22. The molecule has 3 rings (SSSR count). The molecule has 2 heterocycles. The maximum atomic E-state index is 12.1. The number of carbonyl (C=O) groups excluding carboxylic acids is 2. The average molecular weight is 380 g/mol. The fourth-order valence-corrected chi connectivity index (χ4v) is 2.66. The third-order valence-electron chi connectivity index (χ3n) is 4.17. The molecule has 144 valence electrons. The Morgan fingerprint density at radius 1 is 1.14 bits per heavy atom. The molecule has 28 heavy (non-hydrogen) atoms. The molecule has 0 unspecified atom stereocenters. The van der Waals surface area contributed by atoms with E-state index in [1.54, 1.807) is 43.5 Å². The summed E-state index contributed by atoms with van der Waals surface area (Å²) < 4.78 is 12.0. The van der Waals surface area contributed by atoms with Crippen LogP contribution >= 0.6 is 0 Å². The van der Waals surface area contributed by atoms with Crippen molar-refractivity contribution in [2.45, 2.75) is 26.9 Å². The van der Waals surface area contributed by atoms with Gasteiger partial charge in [0, 0.05) is 24.2 Å². The van der Waals surface area contributed by atoms with Crippen molar-refractivity contribution in [1.82, 2.24) is 9.38 Å². The van der Waals surface area contributed by atoms with Crippen LogP contribution in [0.5, 0.6) is 5.75 Å². The molecule has 0 N–H and O–H groups in total. The molecule has 7 heteroatoms. The highest BCUT2D eigenvalue weighted by Gasteiger charge is 2.09. The van der Waals surface area contributed by atoms with E-state index in [1.807, 2.05) is 13.0 Å². The number of hydrogen-bond acceptors (Lipinski definition) is 6. The third-order valence-corrected chi connectivity index (χ3v) is 4.17. The second-order valence-corrected chi connectivity index (χ2v) is 6.22. The summed E-state index contributed by atoms with van der Waals surface area (Å²) in [6.07, 6.45) is 2.07. The Kier molecular flexibility index (Phi) is 5.84. The van der Waals surface area contributed by atoms with Gasteiger partial charge in [-0.25, -0.2) is 9.78 Å². The molecule has 7 nitrogen and oxygen atoms in total. The van der Waals surface area contributed by atoms with Crippen LogP contribution in [0.3, 0.4) is 0 Å². The number of aromatic nitrogens is 2. The van der Waals surface area contributed by atoms with Gasteiger partial charge >= 0.3 is 5.97 Å². The predicted octanol–water partition coefficient (Wildman–Crippen LogP) is 2.72. The Morgan fingerprint density at radius 3 is 2.61 bits per heavy atom. The van der Waals surface area contributed by atoms with Crippen molar-refractivity contribution in [2.24, 2.45) is 0 Å². The van der Waals surface area contributed by atoms with E-state index in [4.69, 9.17) is 9.47 Å². The molecule has 0 atom stereocenters. The maximum absolute atomic E-state index is 12.1. The fraction of sp³-hybridized carbons (Fsp3) is 0.238. The van der Waals surface area contributed by atoms with E-state index in [1.165, 1.54) is 10.5 Å². The van der Waals surface area contributed by atoms with Crippen LogP contribution < -0.4 is 10.3 Å². The highest BCUT2D eigenvalue weighted by Crippen LogP contribution is 2.13. The normalized spacial score (nSPS) is 10.6. The summed E-state index contributed by atoms with van der Waals surface area (Å²) in [5.41, 5.74) is 2.11. The number of esters is 1. The number of nitrogens with zero attached hydrogens (tertiary/aromatic N) is 2. The van der Waals surface area contributed by atoms with Crippen LogP contribution in [-0.4, -0.2) is 27.7 Å². The van der Waals surface area contributed by atoms with E-state index in [0.29, 0.717) is 29.1 Å². The van der Waals surface area contributed by atoms with E-state index in [-0.39, 0.29) is 24.6 Å². The van der Waals surface area contributed by atoms with Gasteiger partial charge in [-0.3, -0.25) is 14.0 Å². The van der Waals surface area contributed by atoms with Gasteiger partial charge in [0.25, 0.3) is 5.56 Å². The Morgan fingerprint density at radius 2 is 1.89 bits per heavy atom. The summed E-state index contributed by atoms with van der Waals surface area (Å²) in [6, 6.07) is 11.5. The predicted molar refractivity (Wildman–Crippen MR) is 103 cm³/mol. The molecule has 0 aliphatic heterocycles. The van der Waals surface area contributed by atoms with Crippen LogP contribution in [0.4, 0.5) is 0 Å². The second kappa shape index (κ2) is 8.47. The molecule has 0 spiro atoms. The monoisotopic (exact) mass is 380 g/mol. The first-order chi connectivity index (χ1) is 13.5. The Labute approximate surface area is 161 Å². The van der Waals surface area contributed by atoms with Gasteiger partial charge in [0.2, 0.25) is 0 Å². The van der Waals surface area contributed by atoms with Crippen LogP contribution in [0.2, 0.25) is 0 Å². The number of hydrogen-bond donors (Lipinski definition) is 0. The molecular formula is C21H20N2O5. The molecule has 0 radical (unpaired) electrons. The van der Waals surface area contributed by atoms with Crippen molar-refractivity contribution in [3.8, 4) is 5.75 Å². The molecule has 1 aromatic carbocycles. The standard InChI is InChI=1S/C21H20N2O5/c1-3-18(24)15-6-8-17(9-7-15)27-13-20(26)28-12-16-11-19(25)23-10-4-5-14(2)21(23)22-16/h4-11H,3,12-13H2,1-2H3.